The fourth-order valence-corrected chi connectivity index (χ4v) is 2.87. The first-order chi connectivity index (χ1) is 9.95. The van der Waals surface area contributed by atoms with E-state index < -0.39 is 0 Å². The molecular formula is C17H20N2OS. The van der Waals surface area contributed by atoms with Gasteiger partial charge in [0.1, 0.15) is 0 Å². The first-order valence-electron chi connectivity index (χ1n) is 7.04. The van der Waals surface area contributed by atoms with Gasteiger partial charge in [-0.2, -0.15) is 0 Å². The number of carbonyl (C=O) groups is 1. The molecule has 0 saturated heterocycles. The van der Waals surface area contributed by atoms with Crippen LogP contribution >= 0.6 is 11.8 Å². The van der Waals surface area contributed by atoms with Gasteiger partial charge in [-0.15, -0.1) is 0 Å². The minimum Gasteiger partial charge on any atom is -0.293 e. The fraction of sp³-hybridized carbons (Fsp3) is 0.353. The number of aromatic nitrogens is 2. The van der Waals surface area contributed by atoms with Crippen LogP contribution in [0.15, 0.2) is 35.5 Å². The topological polar surface area (TPSA) is 42.9 Å². The molecule has 1 heterocycles. The monoisotopic (exact) mass is 300 g/mol. The lowest BCUT2D eigenvalue weighted by Gasteiger charge is -2.06. The molecule has 2 rings (SSSR count). The molecular weight excluding hydrogens is 280 g/mol. The van der Waals surface area contributed by atoms with Gasteiger partial charge >= 0.3 is 0 Å². The Hall–Kier alpha value is -1.68. The molecule has 0 bridgehead atoms. The van der Waals surface area contributed by atoms with Crippen molar-refractivity contribution in [2.45, 2.75) is 38.8 Å². The third-order valence-electron chi connectivity index (χ3n) is 3.19. The Morgan fingerprint density at radius 2 is 1.67 bits per heavy atom. The molecule has 2 aromatic rings. The Labute approximate surface area is 130 Å². The predicted molar refractivity (Wildman–Crippen MR) is 87.1 cm³/mol. The number of benzene rings is 1. The highest BCUT2D eigenvalue weighted by Crippen LogP contribution is 2.18. The van der Waals surface area contributed by atoms with Crippen LogP contribution in [0.5, 0.6) is 0 Å². The largest absolute Gasteiger partial charge is 0.293 e. The number of Topliss-reactive ketones (excluding diaryl/α,β-unsaturated/α-hetero) is 1. The van der Waals surface area contributed by atoms with E-state index in [2.05, 4.69) is 23.8 Å². The molecule has 0 radical (unpaired) electrons. The van der Waals surface area contributed by atoms with Crippen molar-refractivity contribution in [1.29, 1.82) is 0 Å². The van der Waals surface area contributed by atoms with Gasteiger partial charge in [0.2, 0.25) is 0 Å². The van der Waals surface area contributed by atoms with Crippen molar-refractivity contribution in [1.82, 2.24) is 9.97 Å². The van der Waals surface area contributed by atoms with Crippen molar-refractivity contribution in [2.24, 2.45) is 0 Å². The summed E-state index contributed by atoms with van der Waals surface area (Å²) in [6.45, 7) is 8.16. The molecule has 0 amide bonds. The molecule has 21 heavy (non-hydrogen) atoms. The standard InChI is InChI=1S/C17H20N2OS/c1-11(2)14-5-7-15(8-6-14)16(20)10-21-17-18-12(3)9-13(4)19-17/h5-9,11H,10H2,1-4H3. The lowest BCUT2D eigenvalue weighted by atomic mass is 10.0. The minimum absolute atomic E-state index is 0.109. The summed E-state index contributed by atoms with van der Waals surface area (Å²) in [5.41, 5.74) is 3.85. The summed E-state index contributed by atoms with van der Waals surface area (Å²) < 4.78 is 0. The molecule has 0 fully saturated rings. The molecule has 3 nitrogen and oxygen atoms in total. The van der Waals surface area contributed by atoms with Gasteiger partial charge in [-0.25, -0.2) is 9.97 Å². The lowest BCUT2D eigenvalue weighted by Crippen LogP contribution is -2.04. The summed E-state index contributed by atoms with van der Waals surface area (Å²) >= 11 is 1.39. The van der Waals surface area contributed by atoms with E-state index in [1.807, 2.05) is 44.2 Å². The van der Waals surface area contributed by atoms with Gasteiger partial charge in [-0.1, -0.05) is 49.9 Å². The molecule has 4 heteroatoms. The van der Waals surface area contributed by atoms with Crippen LogP contribution in [0, 0.1) is 13.8 Å². The Balaban J connectivity index is 2.01. The van der Waals surface area contributed by atoms with Gasteiger partial charge in [0.15, 0.2) is 10.9 Å². The second-order valence-corrected chi connectivity index (χ2v) is 6.36. The van der Waals surface area contributed by atoms with Crippen LogP contribution in [0.2, 0.25) is 0 Å². The SMILES string of the molecule is Cc1cc(C)nc(SCC(=O)c2ccc(C(C)C)cc2)n1. The number of thioether (sulfide) groups is 1. The summed E-state index contributed by atoms with van der Waals surface area (Å²) in [7, 11) is 0. The normalized spacial score (nSPS) is 10.9. The van der Waals surface area contributed by atoms with Crippen LogP contribution in [0.1, 0.15) is 47.1 Å². The molecule has 1 aromatic carbocycles. The van der Waals surface area contributed by atoms with Crippen molar-refractivity contribution in [3.05, 3.63) is 52.8 Å². The van der Waals surface area contributed by atoms with E-state index in [9.17, 15) is 4.79 Å². The molecule has 1 aromatic heterocycles. The summed E-state index contributed by atoms with van der Waals surface area (Å²) in [6.07, 6.45) is 0. The Kier molecular flexibility index (Phi) is 5.12. The molecule has 0 aliphatic rings. The zero-order valence-corrected chi connectivity index (χ0v) is 13.7. The maximum Gasteiger partial charge on any atom is 0.188 e. The van der Waals surface area contributed by atoms with Gasteiger partial charge in [-0.05, 0) is 31.4 Å². The fourth-order valence-electron chi connectivity index (χ4n) is 2.03. The van der Waals surface area contributed by atoms with Crippen LogP contribution in [0.3, 0.4) is 0 Å². The maximum atomic E-state index is 12.2. The van der Waals surface area contributed by atoms with Crippen LogP contribution in [-0.4, -0.2) is 21.5 Å². The van der Waals surface area contributed by atoms with Gasteiger partial charge in [-0.3, -0.25) is 4.79 Å². The molecule has 0 atom stereocenters. The van der Waals surface area contributed by atoms with Crippen LogP contribution in [0.25, 0.3) is 0 Å². The van der Waals surface area contributed by atoms with Crippen molar-refractivity contribution in [3.8, 4) is 0 Å². The highest BCUT2D eigenvalue weighted by Gasteiger charge is 2.09. The third-order valence-corrected chi connectivity index (χ3v) is 4.04. The van der Waals surface area contributed by atoms with Crippen LogP contribution < -0.4 is 0 Å². The van der Waals surface area contributed by atoms with E-state index in [0.717, 1.165) is 17.0 Å². The average Bonchev–Trinajstić information content (AvgIpc) is 2.44. The minimum atomic E-state index is 0.109. The Morgan fingerprint density at radius 1 is 1.10 bits per heavy atom. The highest BCUT2D eigenvalue weighted by molar-refractivity contribution is 7.99. The number of hydrogen-bond donors (Lipinski definition) is 0. The third kappa shape index (κ3) is 4.39. The van der Waals surface area contributed by atoms with Crippen molar-refractivity contribution in [2.75, 3.05) is 5.75 Å². The van der Waals surface area contributed by atoms with Crippen LogP contribution in [0.4, 0.5) is 0 Å². The van der Waals surface area contributed by atoms with E-state index in [-0.39, 0.29) is 5.78 Å². The second-order valence-electron chi connectivity index (χ2n) is 5.42. The van der Waals surface area contributed by atoms with Gasteiger partial charge in [0, 0.05) is 17.0 Å². The number of rotatable bonds is 5. The zero-order chi connectivity index (χ0) is 15.4. The van der Waals surface area contributed by atoms with Crippen molar-refractivity contribution < 1.29 is 4.79 Å². The van der Waals surface area contributed by atoms with Crippen LogP contribution in [-0.2, 0) is 0 Å². The number of hydrogen-bond acceptors (Lipinski definition) is 4. The number of carbonyl (C=O) groups excluding carboxylic acids is 1. The smallest absolute Gasteiger partial charge is 0.188 e. The molecule has 0 aliphatic carbocycles. The highest BCUT2D eigenvalue weighted by atomic mass is 32.2. The van der Waals surface area contributed by atoms with Gasteiger partial charge in [0.25, 0.3) is 0 Å². The molecule has 0 saturated carbocycles. The lowest BCUT2D eigenvalue weighted by molar-refractivity contribution is 0.102. The van der Waals surface area contributed by atoms with E-state index in [4.69, 9.17) is 0 Å². The number of aryl methyl sites for hydroxylation is 2. The first kappa shape index (κ1) is 15.7. The van der Waals surface area contributed by atoms with E-state index in [1.54, 1.807) is 0 Å². The van der Waals surface area contributed by atoms with E-state index in [0.29, 0.717) is 16.8 Å². The molecule has 0 N–H and O–H groups in total. The zero-order valence-electron chi connectivity index (χ0n) is 12.9. The predicted octanol–water partition coefficient (Wildman–Crippen LogP) is 4.19. The Morgan fingerprint density at radius 3 is 2.19 bits per heavy atom. The number of ketones is 1. The molecule has 110 valence electrons. The second kappa shape index (κ2) is 6.85. The summed E-state index contributed by atoms with van der Waals surface area (Å²) in [5.74, 6) is 0.953. The molecule has 0 spiro atoms. The van der Waals surface area contributed by atoms with Crippen molar-refractivity contribution in [3.63, 3.8) is 0 Å². The molecule has 0 unspecified atom stereocenters. The van der Waals surface area contributed by atoms with E-state index >= 15 is 0 Å². The first-order valence-corrected chi connectivity index (χ1v) is 8.02. The quantitative estimate of drug-likeness (QED) is 0.472. The van der Waals surface area contributed by atoms with Gasteiger partial charge < -0.3 is 0 Å². The Bertz CT molecular complexity index is 615. The number of nitrogens with zero attached hydrogens (tertiary/aromatic N) is 2. The van der Waals surface area contributed by atoms with Crippen molar-refractivity contribution >= 4 is 17.5 Å². The maximum absolute atomic E-state index is 12.2. The van der Waals surface area contributed by atoms with Gasteiger partial charge in [0.05, 0.1) is 5.75 Å². The summed E-state index contributed by atoms with van der Waals surface area (Å²) in [4.78, 5) is 20.9. The average molecular weight is 300 g/mol. The van der Waals surface area contributed by atoms with E-state index in [1.165, 1.54) is 17.3 Å². The summed E-state index contributed by atoms with van der Waals surface area (Å²) in [5, 5.41) is 0.666. The molecule has 0 aliphatic heterocycles. The summed E-state index contributed by atoms with van der Waals surface area (Å²) in [6, 6.07) is 9.78.